The molecule has 0 radical (unpaired) electrons. The van der Waals surface area contributed by atoms with Gasteiger partial charge in [-0.25, -0.2) is 9.78 Å². The van der Waals surface area contributed by atoms with E-state index in [-0.39, 0.29) is 11.9 Å². The van der Waals surface area contributed by atoms with Crippen LogP contribution in [0.3, 0.4) is 0 Å². The van der Waals surface area contributed by atoms with Gasteiger partial charge in [-0.1, -0.05) is 48.5 Å². The van der Waals surface area contributed by atoms with Gasteiger partial charge in [0, 0.05) is 33.4 Å². The first-order chi connectivity index (χ1) is 18.6. The van der Waals surface area contributed by atoms with Crippen LogP contribution in [0, 0.1) is 0 Å². The van der Waals surface area contributed by atoms with Gasteiger partial charge in [0.25, 0.3) is 5.91 Å². The number of methoxy groups -OCH3 is 1. The molecular formula is C30H32N4O3S. The number of thiazole rings is 1. The van der Waals surface area contributed by atoms with Crippen molar-refractivity contribution < 1.29 is 14.3 Å². The van der Waals surface area contributed by atoms with E-state index in [0.29, 0.717) is 39.0 Å². The molecule has 0 unspecified atom stereocenters. The number of benzene rings is 3. The van der Waals surface area contributed by atoms with Crippen LogP contribution in [-0.2, 0) is 22.6 Å². The fourth-order valence-corrected chi connectivity index (χ4v) is 6.87. The van der Waals surface area contributed by atoms with Crippen LogP contribution in [0.5, 0.6) is 0 Å². The highest BCUT2D eigenvalue weighted by molar-refractivity contribution is 7.18. The van der Waals surface area contributed by atoms with E-state index in [0.717, 1.165) is 46.5 Å². The SMILES string of the molecule is COCCCN1C(=O)N(Cc2ccc3ccccc3c2)C(=O)C12CCN(Cc1nc3ccccc3s1)CC2. The molecule has 1 aromatic heterocycles. The first kappa shape index (κ1) is 25.0. The van der Waals surface area contributed by atoms with Crippen molar-refractivity contribution in [2.24, 2.45) is 0 Å². The lowest BCUT2D eigenvalue weighted by Crippen LogP contribution is -2.56. The molecule has 4 aromatic rings. The molecule has 0 N–H and O–H groups in total. The average Bonchev–Trinajstić information content (AvgIpc) is 3.43. The number of carbonyl (C=O) groups is 2. The monoisotopic (exact) mass is 528 g/mol. The summed E-state index contributed by atoms with van der Waals surface area (Å²) in [5, 5.41) is 3.35. The third kappa shape index (κ3) is 4.57. The van der Waals surface area contributed by atoms with Gasteiger partial charge in [0.2, 0.25) is 0 Å². The summed E-state index contributed by atoms with van der Waals surface area (Å²) in [7, 11) is 1.67. The molecule has 38 heavy (non-hydrogen) atoms. The van der Waals surface area contributed by atoms with Crippen molar-refractivity contribution in [3.05, 3.63) is 77.3 Å². The predicted octanol–water partition coefficient (Wildman–Crippen LogP) is 5.29. The Morgan fingerprint density at radius 2 is 1.71 bits per heavy atom. The van der Waals surface area contributed by atoms with Crippen LogP contribution in [0.2, 0.25) is 0 Å². The Kier molecular flexibility index (Phi) is 6.86. The lowest BCUT2D eigenvalue weighted by atomic mass is 9.85. The minimum Gasteiger partial charge on any atom is -0.385 e. The molecule has 2 aliphatic rings. The standard InChI is InChI=1S/C30H32N4O3S/c1-37-18-6-15-34-29(36)33(20-22-11-12-23-7-2-3-8-24(23)19-22)28(35)30(34)13-16-32(17-14-30)21-27-31-25-9-4-5-10-26(25)38-27/h2-5,7-12,19H,6,13-18,20-21H2,1H3. The Bertz CT molecular complexity index is 1440. The summed E-state index contributed by atoms with van der Waals surface area (Å²) < 4.78 is 6.46. The van der Waals surface area contributed by atoms with Crippen LogP contribution < -0.4 is 0 Å². The number of urea groups is 1. The highest BCUT2D eigenvalue weighted by Gasteiger charge is 2.57. The molecule has 2 fully saturated rings. The van der Waals surface area contributed by atoms with Crippen LogP contribution in [0.4, 0.5) is 4.79 Å². The highest BCUT2D eigenvalue weighted by Crippen LogP contribution is 2.39. The Morgan fingerprint density at radius 3 is 2.50 bits per heavy atom. The smallest absolute Gasteiger partial charge is 0.327 e. The number of hydrogen-bond acceptors (Lipinski definition) is 6. The zero-order chi connectivity index (χ0) is 26.1. The maximum atomic E-state index is 14.0. The molecule has 0 aliphatic carbocycles. The van der Waals surface area contributed by atoms with E-state index in [2.05, 4.69) is 35.2 Å². The Hall–Kier alpha value is -3.33. The molecule has 8 heteroatoms. The zero-order valence-electron chi connectivity index (χ0n) is 21.6. The van der Waals surface area contributed by atoms with Crippen molar-refractivity contribution in [2.75, 3.05) is 33.4 Å². The van der Waals surface area contributed by atoms with Crippen molar-refractivity contribution in [3.8, 4) is 0 Å². The summed E-state index contributed by atoms with van der Waals surface area (Å²) in [6, 6.07) is 22.3. The van der Waals surface area contributed by atoms with Gasteiger partial charge >= 0.3 is 6.03 Å². The van der Waals surface area contributed by atoms with E-state index < -0.39 is 5.54 Å². The number of aromatic nitrogens is 1. The molecule has 6 rings (SSSR count). The number of rotatable bonds is 8. The van der Waals surface area contributed by atoms with Crippen LogP contribution in [-0.4, -0.2) is 70.5 Å². The van der Waals surface area contributed by atoms with Crippen LogP contribution in [0.15, 0.2) is 66.7 Å². The number of piperidine rings is 1. The van der Waals surface area contributed by atoms with Crippen molar-refractivity contribution in [2.45, 2.75) is 37.9 Å². The van der Waals surface area contributed by atoms with Gasteiger partial charge in [-0.05, 0) is 53.8 Å². The molecule has 196 valence electrons. The summed E-state index contributed by atoms with van der Waals surface area (Å²) in [6.07, 6.45) is 1.96. The lowest BCUT2D eigenvalue weighted by Gasteiger charge is -2.42. The number of likely N-dealkylation sites (tertiary alicyclic amines) is 1. The Labute approximate surface area is 226 Å². The normalized spacial score (nSPS) is 17.9. The van der Waals surface area contributed by atoms with Crippen molar-refractivity contribution in [1.29, 1.82) is 0 Å². The average molecular weight is 529 g/mol. The maximum absolute atomic E-state index is 14.0. The number of amides is 3. The predicted molar refractivity (Wildman–Crippen MR) is 150 cm³/mol. The van der Waals surface area contributed by atoms with E-state index in [9.17, 15) is 9.59 Å². The molecule has 7 nitrogen and oxygen atoms in total. The third-order valence-electron chi connectivity index (χ3n) is 7.89. The van der Waals surface area contributed by atoms with E-state index in [4.69, 9.17) is 9.72 Å². The lowest BCUT2D eigenvalue weighted by molar-refractivity contribution is -0.136. The van der Waals surface area contributed by atoms with E-state index in [1.54, 1.807) is 18.4 Å². The van der Waals surface area contributed by atoms with Crippen LogP contribution in [0.1, 0.15) is 29.8 Å². The van der Waals surface area contributed by atoms with Gasteiger partial charge in [-0.15, -0.1) is 11.3 Å². The zero-order valence-corrected chi connectivity index (χ0v) is 22.5. The molecule has 0 atom stereocenters. The maximum Gasteiger partial charge on any atom is 0.327 e. The number of para-hydroxylation sites is 1. The molecule has 2 aliphatic heterocycles. The molecular weight excluding hydrogens is 496 g/mol. The summed E-state index contributed by atoms with van der Waals surface area (Å²) in [4.78, 5) is 38.1. The van der Waals surface area contributed by atoms with Gasteiger partial charge < -0.3 is 9.64 Å². The largest absolute Gasteiger partial charge is 0.385 e. The number of fused-ring (bicyclic) bond motifs is 2. The Morgan fingerprint density at radius 1 is 0.947 bits per heavy atom. The summed E-state index contributed by atoms with van der Waals surface area (Å²) in [5.74, 6) is -0.0623. The van der Waals surface area contributed by atoms with E-state index in [1.165, 1.54) is 9.60 Å². The minimum absolute atomic E-state index is 0.0623. The molecule has 3 aromatic carbocycles. The third-order valence-corrected chi connectivity index (χ3v) is 8.91. The summed E-state index contributed by atoms with van der Waals surface area (Å²) >= 11 is 1.73. The second kappa shape index (κ2) is 10.4. The number of nitrogens with zero attached hydrogens (tertiary/aromatic N) is 4. The quantitative estimate of drug-likeness (QED) is 0.230. The van der Waals surface area contributed by atoms with Crippen molar-refractivity contribution >= 4 is 44.3 Å². The van der Waals surface area contributed by atoms with E-state index in [1.807, 2.05) is 41.3 Å². The molecule has 0 saturated carbocycles. The van der Waals surface area contributed by atoms with E-state index >= 15 is 0 Å². The van der Waals surface area contributed by atoms with Gasteiger partial charge in [0.15, 0.2) is 0 Å². The van der Waals surface area contributed by atoms with Crippen molar-refractivity contribution in [1.82, 2.24) is 19.7 Å². The first-order valence-electron chi connectivity index (χ1n) is 13.2. The molecule has 3 heterocycles. The first-order valence-corrected chi connectivity index (χ1v) is 14.1. The molecule has 3 amide bonds. The highest BCUT2D eigenvalue weighted by atomic mass is 32.1. The number of hydrogen-bond donors (Lipinski definition) is 0. The van der Waals surface area contributed by atoms with Crippen LogP contribution >= 0.6 is 11.3 Å². The fourth-order valence-electron chi connectivity index (χ4n) is 5.86. The fraction of sp³-hybridized carbons (Fsp3) is 0.367. The summed E-state index contributed by atoms with van der Waals surface area (Å²) in [6.45, 7) is 3.63. The Balaban J connectivity index is 1.20. The number of imide groups is 1. The number of carbonyl (C=O) groups excluding carboxylic acids is 2. The van der Waals surface area contributed by atoms with Crippen LogP contribution in [0.25, 0.3) is 21.0 Å². The number of ether oxygens (including phenoxy) is 1. The molecule has 2 saturated heterocycles. The van der Waals surface area contributed by atoms with Gasteiger partial charge in [-0.3, -0.25) is 14.6 Å². The molecule has 1 spiro atoms. The topological polar surface area (TPSA) is 66.0 Å². The molecule has 0 bridgehead atoms. The van der Waals surface area contributed by atoms with Gasteiger partial charge in [0.1, 0.15) is 10.5 Å². The minimum atomic E-state index is -0.786. The summed E-state index contributed by atoms with van der Waals surface area (Å²) in [5.41, 5.74) is 1.21. The van der Waals surface area contributed by atoms with Gasteiger partial charge in [0.05, 0.1) is 23.3 Å². The van der Waals surface area contributed by atoms with Crippen molar-refractivity contribution in [3.63, 3.8) is 0 Å². The second-order valence-electron chi connectivity index (χ2n) is 10.2. The second-order valence-corrected chi connectivity index (χ2v) is 11.4. The van der Waals surface area contributed by atoms with Gasteiger partial charge in [-0.2, -0.15) is 0 Å².